The molecule has 0 spiro atoms. The monoisotopic (exact) mass is 476 g/mol. The summed E-state index contributed by atoms with van der Waals surface area (Å²) in [4.78, 5) is 0.294. The molecule has 0 bridgehead atoms. The number of hydrogen-bond acceptors (Lipinski definition) is 5. The number of para-hydroxylation sites is 1. The van der Waals surface area contributed by atoms with Crippen molar-refractivity contribution in [1.82, 2.24) is 0 Å². The predicted molar refractivity (Wildman–Crippen MR) is 134 cm³/mol. The highest BCUT2D eigenvalue weighted by Crippen LogP contribution is 2.51. The van der Waals surface area contributed by atoms with Crippen LogP contribution in [-0.4, -0.2) is 29.7 Å². The van der Waals surface area contributed by atoms with Crippen molar-refractivity contribution in [3.63, 3.8) is 0 Å². The largest absolute Gasteiger partial charge is 0.493 e. The minimum Gasteiger partial charge on any atom is -0.493 e. The second kappa shape index (κ2) is 8.72. The zero-order valence-electron chi connectivity index (χ0n) is 19.4. The molecular weight excluding hydrogens is 448 g/mol. The minimum atomic E-state index is -3.69. The predicted octanol–water partition coefficient (Wildman–Crippen LogP) is 5.36. The molecule has 0 saturated heterocycles. The van der Waals surface area contributed by atoms with Gasteiger partial charge in [-0.15, -0.1) is 0 Å². The van der Waals surface area contributed by atoms with Crippen molar-refractivity contribution in [3.8, 4) is 11.5 Å². The van der Waals surface area contributed by atoms with Gasteiger partial charge in [0.25, 0.3) is 10.0 Å². The van der Waals surface area contributed by atoms with Gasteiger partial charge in [-0.25, -0.2) is 8.42 Å². The molecule has 0 saturated carbocycles. The first-order valence-electron chi connectivity index (χ1n) is 11.3. The molecule has 0 radical (unpaired) electrons. The molecule has 0 aromatic heterocycles. The van der Waals surface area contributed by atoms with Crippen LogP contribution < -0.4 is 19.1 Å². The quantitative estimate of drug-likeness (QED) is 0.486. The third kappa shape index (κ3) is 3.70. The lowest BCUT2D eigenvalue weighted by Crippen LogP contribution is -2.30. The molecule has 1 N–H and O–H groups in total. The van der Waals surface area contributed by atoms with Crippen LogP contribution in [0.3, 0.4) is 0 Å². The first-order valence-corrected chi connectivity index (χ1v) is 12.7. The molecule has 5 rings (SSSR count). The van der Waals surface area contributed by atoms with Crippen LogP contribution in [0, 0.1) is 5.92 Å². The summed E-state index contributed by atoms with van der Waals surface area (Å²) in [5.41, 5.74) is 3.71. The van der Waals surface area contributed by atoms with Gasteiger partial charge in [0.05, 0.1) is 30.8 Å². The number of sulfonamides is 1. The highest BCUT2D eigenvalue weighted by molar-refractivity contribution is 7.92. The first kappa shape index (κ1) is 22.3. The SMILES string of the molecule is COc1ccc(C2Nc3ccc(S(=O)(=O)N(C)c4ccccc4)cc3C3C=CCC32)cc1OC. The molecule has 3 aromatic rings. The minimum absolute atomic E-state index is 0.0711. The average molecular weight is 477 g/mol. The summed E-state index contributed by atoms with van der Waals surface area (Å²) in [6.07, 6.45) is 5.31. The smallest absolute Gasteiger partial charge is 0.264 e. The van der Waals surface area contributed by atoms with Gasteiger partial charge in [0, 0.05) is 18.7 Å². The number of methoxy groups -OCH3 is 2. The van der Waals surface area contributed by atoms with E-state index in [-0.39, 0.29) is 17.9 Å². The van der Waals surface area contributed by atoms with Gasteiger partial charge in [-0.05, 0) is 65.9 Å². The van der Waals surface area contributed by atoms with Gasteiger partial charge < -0.3 is 14.8 Å². The summed E-state index contributed by atoms with van der Waals surface area (Å²) in [7, 11) is 1.17. The van der Waals surface area contributed by atoms with E-state index in [0.717, 1.165) is 23.2 Å². The lowest BCUT2D eigenvalue weighted by Gasteiger charge is -2.38. The first-order chi connectivity index (χ1) is 16.4. The summed E-state index contributed by atoms with van der Waals surface area (Å²) in [5.74, 6) is 1.79. The molecule has 1 aliphatic heterocycles. The Morgan fingerprint density at radius 1 is 0.941 bits per heavy atom. The van der Waals surface area contributed by atoms with Gasteiger partial charge in [-0.3, -0.25) is 4.31 Å². The fraction of sp³-hybridized carbons (Fsp3) is 0.259. The highest BCUT2D eigenvalue weighted by Gasteiger charge is 2.39. The van der Waals surface area contributed by atoms with Crippen molar-refractivity contribution in [2.24, 2.45) is 5.92 Å². The second-order valence-electron chi connectivity index (χ2n) is 8.65. The molecule has 0 amide bonds. The standard InChI is InChI=1S/C27H28N2O4S/c1-29(19-8-5-4-6-9-19)34(30,31)20-13-14-24-23(17-20)21-10-7-11-22(21)27(28-24)18-12-15-25(32-2)26(16-18)33-3/h4-10,12-17,21-22,27-28H,11H2,1-3H3. The Balaban J connectivity index is 1.51. The number of ether oxygens (including phenoxy) is 2. The van der Waals surface area contributed by atoms with Crippen LogP contribution in [-0.2, 0) is 10.0 Å². The summed E-state index contributed by atoms with van der Waals surface area (Å²) in [6, 6.07) is 20.6. The van der Waals surface area contributed by atoms with Crippen molar-refractivity contribution < 1.29 is 17.9 Å². The van der Waals surface area contributed by atoms with E-state index in [9.17, 15) is 8.42 Å². The van der Waals surface area contributed by atoms with Crippen LogP contribution in [0.25, 0.3) is 0 Å². The summed E-state index contributed by atoms with van der Waals surface area (Å²) < 4.78 is 39.0. The molecule has 7 heteroatoms. The van der Waals surface area contributed by atoms with E-state index in [1.165, 1.54) is 4.31 Å². The summed E-state index contributed by atoms with van der Waals surface area (Å²) in [6.45, 7) is 0. The molecular formula is C27H28N2O4S. The zero-order chi connectivity index (χ0) is 23.9. The van der Waals surface area contributed by atoms with Crippen molar-refractivity contribution in [3.05, 3.63) is 90.0 Å². The lowest BCUT2D eigenvalue weighted by atomic mass is 9.77. The Kier molecular flexibility index (Phi) is 5.73. The van der Waals surface area contributed by atoms with E-state index >= 15 is 0 Å². The molecule has 2 aliphatic rings. The number of allylic oxidation sites excluding steroid dienone is 2. The third-order valence-electron chi connectivity index (χ3n) is 6.88. The van der Waals surface area contributed by atoms with E-state index in [1.54, 1.807) is 39.5 Å². The second-order valence-corrected chi connectivity index (χ2v) is 10.6. The number of nitrogens with zero attached hydrogens (tertiary/aromatic N) is 1. The van der Waals surface area contributed by atoms with Crippen LogP contribution in [0.15, 0.2) is 83.8 Å². The van der Waals surface area contributed by atoms with Crippen LogP contribution in [0.5, 0.6) is 11.5 Å². The number of benzene rings is 3. The number of hydrogen-bond donors (Lipinski definition) is 1. The highest BCUT2D eigenvalue weighted by atomic mass is 32.2. The van der Waals surface area contributed by atoms with Crippen LogP contribution >= 0.6 is 0 Å². The molecule has 176 valence electrons. The fourth-order valence-electron chi connectivity index (χ4n) is 5.04. The van der Waals surface area contributed by atoms with E-state index in [0.29, 0.717) is 22.1 Å². The van der Waals surface area contributed by atoms with Crippen LogP contribution in [0.2, 0.25) is 0 Å². The van der Waals surface area contributed by atoms with Crippen LogP contribution in [0.4, 0.5) is 11.4 Å². The number of anilines is 2. The Morgan fingerprint density at radius 3 is 2.44 bits per heavy atom. The van der Waals surface area contributed by atoms with E-state index in [2.05, 4.69) is 23.5 Å². The Morgan fingerprint density at radius 2 is 1.71 bits per heavy atom. The fourth-order valence-corrected chi connectivity index (χ4v) is 6.28. The molecule has 1 heterocycles. The van der Waals surface area contributed by atoms with Gasteiger partial charge in [-0.1, -0.05) is 36.4 Å². The molecule has 6 nitrogen and oxygen atoms in total. The van der Waals surface area contributed by atoms with Gasteiger partial charge in [0.15, 0.2) is 11.5 Å². The normalized spacial score (nSPS) is 20.7. The van der Waals surface area contributed by atoms with Gasteiger partial charge >= 0.3 is 0 Å². The van der Waals surface area contributed by atoms with Crippen molar-refractivity contribution in [2.45, 2.75) is 23.3 Å². The topological polar surface area (TPSA) is 67.9 Å². The number of nitrogens with one attached hydrogen (secondary N) is 1. The summed E-state index contributed by atoms with van der Waals surface area (Å²) in [5, 5.41) is 3.67. The summed E-state index contributed by atoms with van der Waals surface area (Å²) >= 11 is 0. The maximum absolute atomic E-state index is 13.4. The maximum Gasteiger partial charge on any atom is 0.264 e. The van der Waals surface area contributed by atoms with E-state index < -0.39 is 10.0 Å². The third-order valence-corrected chi connectivity index (χ3v) is 8.66. The zero-order valence-corrected chi connectivity index (χ0v) is 20.2. The number of fused-ring (bicyclic) bond motifs is 3. The Hall–Kier alpha value is -3.45. The van der Waals surface area contributed by atoms with Gasteiger partial charge in [0.2, 0.25) is 0 Å². The lowest BCUT2D eigenvalue weighted by molar-refractivity contribution is 0.353. The van der Waals surface area contributed by atoms with Gasteiger partial charge in [-0.2, -0.15) is 0 Å². The molecule has 3 aromatic carbocycles. The molecule has 0 fully saturated rings. The molecule has 3 atom stereocenters. The Bertz CT molecular complexity index is 1340. The maximum atomic E-state index is 13.4. The number of rotatable bonds is 6. The van der Waals surface area contributed by atoms with E-state index in [4.69, 9.17) is 9.47 Å². The molecule has 34 heavy (non-hydrogen) atoms. The van der Waals surface area contributed by atoms with Crippen molar-refractivity contribution in [1.29, 1.82) is 0 Å². The Labute approximate surface area is 200 Å². The molecule has 1 aliphatic carbocycles. The molecule has 3 unspecified atom stereocenters. The van der Waals surface area contributed by atoms with E-state index in [1.807, 2.05) is 42.5 Å². The van der Waals surface area contributed by atoms with Gasteiger partial charge in [0.1, 0.15) is 0 Å². The van der Waals surface area contributed by atoms with Crippen LogP contribution in [0.1, 0.15) is 29.5 Å². The van der Waals surface area contributed by atoms with Crippen molar-refractivity contribution >= 4 is 21.4 Å². The van der Waals surface area contributed by atoms with Crippen molar-refractivity contribution in [2.75, 3.05) is 30.9 Å². The average Bonchev–Trinajstić information content (AvgIpc) is 3.38.